The van der Waals surface area contributed by atoms with E-state index in [0.29, 0.717) is 11.0 Å². The molecule has 8 atom stereocenters. The number of halogens is 1. The Morgan fingerprint density at radius 3 is 2.80 bits per heavy atom. The third-order valence-corrected chi connectivity index (χ3v) is 8.44. The number of aliphatic hydroxyl groups excluding tert-OH is 2. The summed E-state index contributed by atoms with van der Waals surface area (Å²) in [6.45, 7) is -4.94. The van der Waals surface area contributed by atoms with Crippen molar-refractivity contribution in [3.05, 3.63) is 35.3 Å². The van der Waals surface area contributed by atoms with Crippen LogP contribution in [-0.2, 0) is 30.3 Å². The van der Waals surface area contributed by atoms with Gasteiger partial charge in [0.1, 0.15) is 36.1 Å². The van der Waals surface area contributed by atoms with Crippen molar-refractivity contribution in [3.8, 4) is 0 Å². The highest BCUT2D eigenvalue weighted by Crippen LogP contribution is 2.50. The molecule has 41 heavy (non-hydrogen) atoms. The van der Waals surface area contributed by atoms with Crippen molar-refractivity contribution >= 4 is 52.5 Å². The summed E-state index contributed by atoms with van der Waals surface area (Å²) < 4.78 is 40.6. The minimum absolute atomic E-state index is 0.0130. The Hall–Kier alpha value is -3.13. The number of fused-ring (bicyclic) bond motifs is 2. The van der Waals surface area contributed by atoms with Gasteiger partial charge in [0.25, 0.3) is 5.56 Å². The molecular formula is C21H25FN9O8PS. The van der Waals surface area contributed by atoms with E-state index in [1.54, 1.807) is 6.07 Å². The predicted molar refractivity (Wildman–Crippen MR) is 142 cm³/mol. The predicted octanol–water partition coefficient (Wildman–Crippen LogP) is -0.776. The van der Waals surface area contributed by atoms with Crippen LogP contribution in [0, 0.1) is 0 Å². The van der Waals surface area contributed by atoms with Gasteiger partial charge in [-0.25, -0.2) is 19.3 Å². The van der Waals surface area contributed by atoms with Gasteiger partial charge in [0.05, 0.1) is 31.0 Å². The highest BCUT2D eigenvalue weighted by molar-refractivity contribution is 8.07. The second kappa shape index (κ2) is 10.6. The number of aliphatic hydroxyl groups is 2. The number of rotatable bonds is 8. The molecule has 0 aliphatic carbocycles. The first-order valence-electron chi connectivity index (χ1n) is 12.3. The number of nitrogen functional groups attached to an aromatic ring is 2. The molecule has 220 valence electrons. The summed E-state index contributed by atoms with van der Waals surface area (Å²) in [7, 11) is 0. The Kier molecular flexibility index (Phi) is 7.25. The van der Waals surface area contributed by atoms with E-state index in [4.69, 9.17) is 41.8 Å². The molecule has 2 unspecified atom stereocenters. The van der Waals surface area contributed by atoms with Gasteiger partial charge in [-0.15, -0.1) is 0 Å². The summed E-state index contributed by atoms with van der Waals surface area (Å²) in [6.07, 6.45) is -4.58. The topological polar surface area (TPSA) is 244 Å². The standard InChI is InChI=1S/C21H25FN9O8PS/c22-12-14(33)11(38-20(12)30-2-1-9-15(23)25-6-26-16(9)30)5-36-40(35,41)39-10-3-8(4-32)37-19(10)31-7-27-13-17(31)28-21(24)29-18(13)34/h1-2,6-8,10-12,14,19-20,32-33H,3-5H2,(H,35,41)(H2,23,25,26)(H3,24,28,29,34)/t8-,10?,11+,12-,14+,19+,20+,40?/m0/s1. The fraction of sp³-hybridized carbons (Fsp3) is 0.476. The van der Waals surface area contributed by atoms with Crippen LogP contribution in [0.25, 0.3) is 22.2 Å². The molecule has 2 fully saturated rings. The lowest BCUT2D eigenvalue weighted by Crippen LogP contribution is -2.31. The molecule has 2 aliphatic rings. The van der Waals surface area contributed by atoms with Crippen LogP contribution in [0.3, 0.4) is 0 Å². The van der Waals surface area contributed by atoms with Gasteiger partial charge in [-0.1, -0.05) is 0 Å². The number of aromatic amines is 1. The number of nitrogens with one attached hydrogen (secondary N) is 1. The number of hydrogen-bond donors (Lipinski definition) is 6. The van der Waals surface area contributed by atoms with Gasteiger partial charge in [-0.2, -0.15) is 4.98 Å². The summed E-state index contributed by atoms with van der Waals surface area (Å²) in [6, 6.07) is 1.60. The Labute approximate surface area is 234 Å². The lowest BCUT2D eigenvalue weighted by molar-refractivity contribution is -0.0551. The lowest BCUT2D eigenvalue weighted by atomic mass is 10.1. The van der Waals surface area contributed by atoms with Gasteiger partial charge in [-0.3, -0.25) is 14.3 Å². The Bertz CT molecular complexity index is 1700. The molecule has 17 nitrogen and oxygen atoms in total. The van der Waals surface area contributed by atoms with Gasteiger partial charge < -0.3 is 49.7 Å². The molecule has 4 aromatic rings. The van der Waals surface area contributed by atoms with Crippen LogP contribution in [0.15, 0.2) is 29.7 Å². The number of nitrogens with two attached hydrogens (primary N) is 2. The minimum atomic E-state index is -4.05. The number of anilines is 2. The second-order valence-corrected chi connectivity index (χ2v) is 12.3. The van der Waals surface area contributed by atoms with Crippen molar-refractivity contribution in [2.45, 2.75) is 49.5 Å². The molecule has 4 aromatic heterocycles. The van der Waals surface area contributed by atoms with Crippen LogP contribution in [0.2, 0.25) is 0 Å². The maximum absolute atomic E-state index is 15.1. The molecule has 20 heteroatoms. The van der Waals surface area contributed by atoms with E-state index < -0.39 is 61.9 Å². The third-order valence-electron chi connectivity index (χ3n) is 6.85. The van der Waals surface area contributed by atoms with Gasteiger partial charge in [0.15, 0.2) is 29.8 Å². The summed E-state index contributed by atoms with van der Waals surface area (Å²) in [5.74, 6) is 0.0468. The molecule has 2 saturated heterocycles. The fourth-order valence-corrected chi connectivity index (χ4v) is 6.38. The first kappa shape index (κ1) is 28.0. The van der Waals surface area contributed by atoms with E-state index in [9.17, 15) is 19.9 Å². The van der Waals surface area contributed by atoms with E-state index in [1.165, 1.54) is 28.0 Å². The minimum Gasteiger partial charge on any atom is -0.394 e. The zero-order valence-electron chi connectivity index (χ0n) is 20.9. The number of imidazole rings is 1. The normalized spacial score (nSPS) is 29.9. The zero-order chi connectivity index (χ0) is 29.1. The van der Waals surface area contributed by atoms with E-state index in [1.807, 2.05) is 0 Å². The molecule has 0 amide bonds. The number of H-pyrrole nitrogens is 1. The largest absolute Gasteiger partial charge is 0.394 e. The first-order valence-corrected chi connectivity index (χ1v) is 14.8. The smallest absolute Gasteiger partial charge is 0.325 e. The van der Waals surface area contributed by atoms with Crippen LogP contribution >= 0.6 is 6.72 Å². The molecule has 2 aliphatic heterocycles. The highest BCUT2D eigenvalue weighted by atomic mass is 32.5. The number of hydrogen-bond acceptors (Lipinski definition) is 14. The monoisotopic (exact) mass is 613 g/mol. The van der Waals surface area contributed by atoms with Crippen LogP contribution in [0.5, 0.6) is 0 Å². The highest BCUT2D eigenvalue weighted by Gasteiger charge is 2.47. The van der Waals surface area contributed by atoms with E-state index in [0.717, 1.165) is 0 Å². The van der Waals surface area contributed by atoms with Crippen LogP contribution in [0.4, 0.5) is 16.2 Å². The maximum Gasteiger partial charge on any atom is 0.325 e. The van der Waals surface area contributed by atoms with Crippen molar-refractivity contribution in [2.75, 3.05) is 24.7 Å². The molecule has 0 saturated carbocycles. The number of nitrogens with zero attached hydrogens (tertiary/aromatic N) is 6. The van der Waals surface area contributed by atoms with Gasteiger partial charge >= 0.3 is 6.72 Å². The number of ether oxygens (including phenoxy) is 2. The Morgan fingerprint density at radius 1 is 1.22 bits per heavy atom. The molecule has 0 aromatic carbocycles. The number of aromatic nitrogens is 7. The van der Waals surface area contributed by atoms with E-state index >= 15 is 4.39 Å². The Morgan fingerprint density at radius 2 is 2.02 bits per heavy atom. The quantitative estimate of drug-likeness (QED) is 0.134. The molecule has 6 heterocycles. The number of alkyl halides is 1. The SMILES string of the molecule is Nc1nc2c(ncn2[C@@H]2O[C@H](CO)CC2OP(O)(=S)OC[C@H]2O[C@@H](n3ccc4c(N)ncnc43)[C@@H](F)[C@@H]2O)c(=O)[nH]1. The lowest BCUT2D eigenvalue weighted by Gasteiger charge is -2.25. The third kappa shape index (κ3) is 5.09. The Balaban J connectivity index is 1.16. The van der Waals surface area contributed by atoms with Crippen molar-refractivity contribution in [1.29, 1.82) is 0 Å². The summed E-state index contributed by atoms with van der Waals surface area (Å²) >= 11 is 5.19. The van der Waals surface area contributed by atoms with E-state index in [2.05, 4.69) is 24.9 Å². The molecule has 6 rings (SSSR count). The first-order chi connectivity index (χ1) is 19.6. The average molecular weight is 614 g/mol. The van der Waals surface area contributed by atoms with Crippen molar-refractivity contribution < 1.29 is 38.0 Å². The van der Waals surface area contributed by atoms with Gasteiger partial charge in [0.2, 0.25) is 5.95 Å². The van der Waals surface area contributed by atoms with Crippen LogP contribution < -0.4 is 17.0 Å². The second-order valence-electron chi connectivity index (χ2n) is 9.47. The fourth-order valence-electron chi connectivity index (χ4n) is 4.93. The van der Waals surface area contributed by atoms with Crippen molar-refractivity contribution in [2.24, 2.45) is 0 Å². The summed E-state index contributed by atoms with van der Waals surface area (Å²) in [5, 5.41) is 20.7. The average Bonchev–Trinajstić information content (AvgIpc) is 3.69. The molecule has 8 N–H and O–H groups in total. The molecule has 0 spiro atoms. The van der Waals surface area contributed by atoms with Crippen LogP contribution in [0.1, 0.15) is 18.9 Å². The van der Waals surface area contributed by atoms with Gasteiger partial charge in [0, 0.05) is 12.6 Å². The summed E-state index contributed by atoms with van der Waals surface area (Å²) in [4.78, 5) is 41.5. The maximum atomic E-state index is 15.1. The van der Waals surface area contributed by atoms with Gasteiger partial charge in [-0.05, 0) is 17.9 Å². The molecular weight excluding hydrogens is 588 g/mol. The summed E-state index contributed by atoms with van der Waals surface area (Å²) in [5.41, 5.74) is 11.3. The van der Waals surface area contributed by atoms with Crippen molar-refractivity contribution in [3.63, 3.8) is 0 Å². The van der Waals surface area contributed by atoms with Crippen molar-refractivity contribution in [1.82, 2.24) is 34.1 Å². The zero-order valence-corrected chi connectivity index (χ0v) is 22.6. The molecule has 0 radical (unpaired) electrons. The van der Waals surface area contributed by atoms with E-state index in [-0.39, 0.29) is 36.0 Å². The molecule has 0 bridgehead atoms. The van der Waals surface area contributed by atoms with Crippen LogP contribution in [-0.4, -0.2) is 93.0 Å².